The van der Waals surface area contributed by atoms with Gasteiger partial charge < -0.3 is 24.8 Å². The van der Waals surface area contributed by atoms with Crippen LogP contribution in [-0.4, -0.2) is 63.6 Å². The highest BCUT2D eigenvalue weighted by Crippen LogP contribution is 2.30. The number of nitriles is 1. The second-order valence-corrected chi connectivity index (χ2v) is 14.6. The predicted molar refractivity (Wildman–Crippen MR) is 174 cm³/mol. The highest BCUT2D eigenvalue weighted by Gasteiger charge is 2.35. The SMILES string of the molecule is C[C@H](NCc1ccc2c(c1)nc(NC(=O)c1ccc(C(F)F)s1)n2C[C@H]1CCCN1C(=O)/C(C#N)=C/NC1(C)COC1)C(C)(C)C. The molecule has 4 heterocycles. The molecule has 13 heteroatoms. The average molecular weight is 654 g/mol. The Bertz CT molecular complexity index is 1670. The lowest BCUT2D eigenvalue weighted by atomic mass is 9.88. The van der Waals surface area contributed by atoms with E-state index in [4.69, 9.17) is 9.72 Å². The molecule has 2 amide bonds. The van der Waals surface area contributed by atoms with Crippen molar-refractivity contribution in [2.75, 3.05) is 25.1 Å². The van der Waals surface area contributed by atoms with Gasteiger partial charge in [-0.2, -0.15) is 5.26 Å². The van der Waals surface area contributed by atoms with Gasteiger partial charge in [0.25, 0.3) is 18.2 Å². The number of nitrogens with zero attached hydrogens (tertiary/aromatic N) is 4. The third kappa shape index (κ3) is 7.40. The molecule has 246 valence electrons. The molecular weight excluding hydrogens is 612 g/mol. The fourth-order valence-corrected chi connectivity index (χ4v) is 6.20. The Morgan fingerprint density at radius 3 is 2.65 bits per heavy atom. The second-order valence-electron chi connectivity index (χ2n) is 13.5. The largest absolute Gasteiger partial charge is 0.380 e. The number of imidazole rings is 1. The van der Waals surface area contributed by atoms with Crippen molar-refractivity contribution >= 4 is 40.1 Å². The van der Waals surface area contributed by atoms with Crippen LogP contribution in [-0.2, 0) is 22.6 Å². The molecule has 0 bridgehead atoms. The Morgan fingerprint density at radius 1 is 1.26 bits per heavy atom. The van der Waals surface area contributed by atoms with E-state index < -0.39 is 12.3 Å². The van der Waals surface area contributed by atoms with E-state index in [0.29, 0.717) is 44.8 Å². The first-order valence-electron chi connectivity index (χ1n) is 15.5. The fraction of sp³-hybridized carbons (Fsp3) is 0.515. The number of hydrogen-bond acceptors (Lipinski definition) is 8. The molecule has 2 saturated heterocycles. The second kappa shape index (κ2) is 13.5. The van der Waals surface area contributed by atoms with Crippen LogP contribution in [0.25, 0.3) is 11.0 Å². The highest BCUT2D eigenvalue weighted by molar-refractivity contribution is 7.14. The van der Waals surface area contributed by atoms with Crippen LogP contribution in [0.2, 0.25) is 0 Å². The number of aromatic nitrogens is 2. The Kier molecular flexibility index (Phi) is 9.81. The van der Waals surface area contributed by atoms with Gasteiger partial charge in [0.1, 0.15) is 11.6 Å². The lowest BCUT2D eigenvalue weighted by Crippen LogP contribution is -2.56. The highest BCUT2D eigenvalue weighted by atomic mass is 32.1. The Labute approximate surface area is 271 Å². The number of thiophene rings is 1. The molecule has 3 N–H and O–H groups in total. The van der Waals surface area contributed by atoms with E-state index in [1.807, 2.05) is 35.8 Å². The Balaban J connectivity index is 1.42. The van der Waals surface area contributed by atoms with Crippen molar-refractivity contribution in [3.8, 4) is 6.07 Å². The number of hydrogen-bond donors (Lipinski definition) is 3. The molecule has 0 saturated carbocycles. The molecule has 0 unspecified atom stereocenters. The summed E-state index contributed by atoms with van der Waals surface area (Å²) in [7, 11) is 0. The summed E-state index contributed by atoms with van der Waals surface area (Å²) in [5.74, 6) is -0.645. The van der Waals surface area contributed by atoms with Crippen LogP contribution in [0.3, 0.4) is 0 Å². The lowest BCUT2D eigenvalue weighted by molar-refractivity contribution is -0.127. The molecule has 0 radical (unpaired) electrons. The van der Waals surface area contributed by atoms with E-state index in [0.717, 1.165) is 28.8 Å². The number of nitrogens with one attached hydrogen (secondary N) is 3. The summed E-state index contributed by atoms with van der Waals surface area (Å²) < 4.78 is 33.6. The van der Waals surface area contributed by atoms with Gasteiger partial charge in [-0.05, 0) is 61.9 Å². The molecule has 1 aromatic carbocycles. The Hall–Kier alpha value is -3.86. The Morgan fingerprint density at radius 2 is 2.02 bits per heavy atom. The summed E-state index contributed by atoms with van der Waals surface area (Å²) in [6.07, 6.45) is 0.271. The van der Waals surface area contributed by atoms with Gasteiger partial charge in [0, 0.05) is 31.9 Å². The van der Waals surface area contributed by atoms with Gasteiger partial charge in [-0.25, -0.2) is 13.8 Å². The molecule has 2 aromatic heterocycles. The number of fused-ring (bicyclic) bond motifs is 1. The first-order chi connectivity index (χ1) is 21.8. The maximum absolute atomic E-state index is 13.6. The van der Waals surface area contributed by atoms with Crippen molar-refractivity contribution in [2.24, 2.45) is 5.41 Å². The molecule has 0 spiro atoms. The first-order valence-corrected chi connectivity index (χ1v) is 16.3. The molecule has 46 heavy (non-hydrogen) atoms. The number of carbonyl (C=O) groups excluding carboxylic acids is 2. The summed E-state index contributed by atoms with van der Waals surface area (Å²) in [5.41, 5.74) is 2.22. The predicted octanol–water partition coefficient (Wildman–Crippen LogP) is 5.59. The maximum atomic E-state index is 13.6. The van der Waals surface area contributed by atoms with E-state index in [-0.39, 0.29) is 50.2 Å². The van der Waals surface area contributed by atoms with Crippen molar-refractivity contribution in [3.63, 3.8) is 0 Å². The number of benzene rings is 1. The van der Waals surface area contributed by atoms with E-state index in [2.05, 4.69) is 43.6 Å². The van der Waals surface area contributed by atoms with Gasteiger partial charge in [-0.1, -0.05) is 26.8 Å². The van der Waals surface area contributed by atoms with Crippen molar-refractivity contribution in [2.45, 2.75) is 84.6 Å². The molecule has 2 aliphatic heterocycles. The quantitative estimate of drug-likeness (QED) is 0.182. The zero-order valence-electron chi connectivity index (χ0n) is 26.8. The number of rotatable bonds is 11. The number of carbonyl (C=O) groups is 2. The zero-order valence-corrected chi connectivity index (χ0v) is 27.6. The number of anilines is 1. The van der Waals surface area contributed by atoms with Crippen LogP contribution in [0.1, 0.15) is 74.0 Å². The minimum Gasteiger partial charge on any atom is -0.380 e. The normalized spacial score (nSPS) is 18.8. The molecule has 5 rings (SSSR count). The summed E-state index contributed by atoms with van der Waals surface area (Å²) >= 11 is 0.739. The van der Waals surface area contributed by atoms with Gasteiger partial charge in [-0.3, -0.25) is 14.9 Å². The fourth-order valence-electron chi connectivity index (χ4n) is 5.44. The van der Waals surface area contributed by atoms with Gasteiger partial charge in [-0.15, -0.1) is 11.3 Å². The number of ether oxygens (including phenoxy) is 1. The van der Waals surface area contributed by atoms with Gasteiger partial charge in [0.05, 0.1) is 45.6 Å². The van der Waals surface area contributed by atoms with E-state index in [9.17, 15) is 23.6 Å². The van der Waals surface area contributed by atoms with E-state index in [1.54, 1.807) is 4.90 Å². The van der Waals surface area contributed by atoms with E-state index in [1.165, 1.54) is 18.3 Å². The van der Waals surface area contributed by atoms with Gasteiger partial charge >= 0.3 is 0 Å². The average Bonchev–Trinajstić information content (AvgIpc) is 3.74. The lowest BCUT2D eigenvalue weighted by Gasteiger charge is -2.38. The number of likely N-dealkylation sites (tertiary alicyclic amines) is 1. The maximum Gasteiger partial charge on any atom is 0.272 e. The summed E-state index contributed by atoms with van der Waals surface area (Å²) in [6, 6.07) is 10.6. The smallest absolute Gasteiger partial charge is 0.272 e. The standard InChI is InChI=1S/C33H41F2N7O3S/c1-20(32(2,3)4)37-15-21-8-9-25-24(13-21)39-31(40-29(43)27-11-10-26(46-27)28(34)35)42(25)17-23-7-6-12-41(23)30(44)22(14-36)16-38-33(5)18-45-19-33/h8-11,13,16,20,23,28,37-38H,6-7,12,15,17-19H2,1-5H3,(H,39,40,43)/b22-16+/t20-,23+/m0/s1. The zero-order chi connectivity index (χ0) is 33.2. The summed E-state index contributed by atoms with van der Waals surface area (Å²) in [6.45, 7) is 13.1. The molecule has 10 nitrogen and oxygen atoms in total. The van der Waals surface area contributed by atoms with Crippen molar-refractivity contribution in [3.05, 3.63) is 57.4 Å². The summed E-state index contributed by atoms with van der Waals surface area (Å²) in [4.78, 5) is 33.2. The van der Waals surface area contributed by atoms with Crippen molar-refractivity contribution < 1.29 is 23.1 Å². The van der Waals surface area contributed by atoms with Crippen molar-refractivity contribution in [1.82, 2.24) is 25.1 Å². The number of amides is 2. The van der Waals surface area contributed by atoms with Gasteiger partial charge in [0.2, 0.25) is 5.95 Å². The van der Waals surface area contributed by atoms with Crippen LogP contribution >= 0.6 is 11.3 Å². The van der Waals surface area contributed by atoms with Crippen molar-refractivity contribution in [1.29, 1.82) is 5.26 Å². The molecule has 2 fully saturated rings. The van der Waals surface area contributed by atoms with Crippen LogP contribution in [0.15, 0.2) is 42.1 Å². The first kappa shape index (κ1) is 33.5. The summed E-state index contributed by atoms with van der Waals surface area (Å²) in [5, 5.41) is 19.4. The van der Waals surface area contributed by atoms with Crippen LogP contribution in [0, 0.1) is 16.7 Å². The number of alkyl halides is 2. The topological polar surface area (TPSA) is 124 Å². The monoisotopic (exact) mass is 653 g/mol. The molecule has 0 aliphatic carbocycles. The third-order valence-electron chi connectivity index (χ3n) is 8.80. The van der Waals surface area contributed by atoms with Crippen LogP contribution in [0.4, 0.5) is 14.7 Å². The minimum absolute atomic E-state index is 0.0122. The van der Waals surface area contributed by atoms with Gasteiger partial charge in [0.15, 0.2) is 0 Å². The van der Waals surface area contributed by atoms with E-state index >= 15 is 0 Å². The van der Waals surface area contributed by atoms with Crippen LogP contribution in [0.5, 0.6) is 0 Å². The molecule has 3 aromatic rings. The number of halogens is 2. The van der Waals surface area contributed by atoms with Crippen LogP contribution < -0.4 is 16.0 Å². The molecule has 2 aliphatic rings. The molecular formula is C33H41F2N7O3S. The molecule has 2 atom stereocenters. The third-order valence-corrected chi connectivity index (χ3v) is 9.89. The minimum atomic E-state index is -2.66.